The molecular weight excluding hydrogens is 636 g/mol. The lowest BCUT2D eigenvalue weighted by atomic mass is 9.72. The van der Waals surface area contributed by atoms with Gasteiger partial charge in [0.25, 0.3) is 0 Å². The van der Waals surface area contributed by atoms with E-state index in [1.807, 2.05) is 29.2 Å². The van der Waals surface area contributed by atoms with Crippen molar-refractivity contribution in [2.75, 3.05) is 25.2 Å². The van der Waals surface area contributed by atoms with Crippen LogP contribution < -0.4 is 9.64 Å². The molecule has 3 aromatic rings. The maximum absolute atomic E-state index is 13.9. The highest BCUT2D eigenvalue weighted by Gasteiger charge is 2.50. The maximum atomic E-state index is 13.9. The fraction of sp³-hybridized carbons (Fsp3) is 0.389. The molecule has 2 heterocycles. The second-order valence-corrected chi connectivity index (χ2v) is 12.9. The number of para-hydroxylation sites is 1. The van der Waals surface area contributed by atoms with Crippen molar-refractivity contribution in [2.45, 2.75) is 68.9 Å². The zero-order chi connectivity index (χ0) is 34.8. The lowest BCUT2D eigenvalue weighted by Crippen LogP contribution is -2.50. The van der Waals surface area contributed by atoms with Crippen molar-refractivity contribution in [3.05, 3.63) is 81.4 Å². The van der Waals surface area contributed by atoms with Gasteiger partial charge in [0.15, 0.2) is 17.9 Å². The minimum atomic E-state index is -2.27. The summed E-state index contributed by atoms with van der Waals surface area (Å²) in [6.07, 6.45) is -2.72. The molecule has 1 saturated heterocycles. The topological polar surface area (TPSA) is 196 Å². The highest BCUT2D eigenvalue weighted by molar-refractivity contribution is 6.31. The molecule has 5 unspecified atom stereocenters. The van der Waals surface area contributed by atoms with Gasteiger partial charge < -0.3 is 44.6 Å². The van der Waals surface area contributed by atoms with E-state index in [4.69, 9.17) is 14.2 Å². The van der Waals surface area contributed by atoms with Crippen LogP contribution in [0.4, 0.5) is 5.69 Å². The average Bonchev–Trinajstić information content (AvgIpc) is 3.51. The highest BCUT2D eigenvalue weighted by Crippen LogP contribution is 2.52. The molecule has 4 aliphatic rings. The Hall–Kier alpha value is -4.66. The quantitative estimate of drug-likeness (QED) is 0.109. The van der Waals surface area contributed by atoms with Crippen LogP contribution in [-0.2, 0) is 27.1 Å². The molecule has 0 amide bonds. The van der Waals surface area contributed by atoms with Gasteiger partial charge in [0.2, 0.25) is 5.78 Å². The van der Waals surface area contributed by atoms with Crippen LogP contribution in [-0.4, -0.2) is 99.6 Å². The molecule has 13 heteroatoms. The van der Waals surface area contributed by atoms with Crippen molar-refractivity contribution in [1.82, 2.24) is 0 Å². The lowest BCUT2D eigenvalue weighted by Gasteiger charge is -2.42. The van der Waals surface area contributed by atoms with E-state index in [1.54, 1.807) is 13.3 Å². The van der Waals surface area contributed by atoms with Gasteiger partial charge in [-0.1, -0.05) is 30.3 Å². The predicted molar refractivity (Wildman–Crippen MR) is 174 cm³/mol. The summed E-state index contributed by atoms with van der Waals surface area (Å²) in [6, 6.07) is 11.7. The first-order chi connectivity index (χ1) is 23.5. The summed E-state index contributed by atoms with van der Waals surface area (Å²) < 4.78 is 17.6. The van der Waals surface area contributed by atoms with E-state index in [9.17, 15) is 39.9 Å². The highest BCUT2D eigenvalue weighted by atomic mass is 16.7. The molecule has 2 aliphatic heterocycles. The van der Waals surface area contributed by atoms with Crippen molar-refractivity contribution in [3.63, 3.8) is 0 Å². The molecule has 1 fully saturated rings. The van der Waals surface area contributed by atoms with E-state index >= 15 is 0 Å². The first-order valence-electron chi connectivity index (χ1n) is 16.1. The minimum absolute atomic E-state index is 0.0371. The Morgan fingerprint density at radius 1 is 1.08 bits per heavy atom. The second kappa shape index (κ2) is 12.3. The lowest BCUT2D eigenvalue weighted by molar-refractivity contribution is -0.247. The van der Waals surface area contributed by atoms with Crippen LogP contribution in [0.2, 0.25) is 0 Å². The molecule has 0 spiro atoms. The van der Waals surface area contributed by atoms with Gasteiger partial charge in [0.05, 0.1) is 48.4 Å². The molecular formula is C36H36N2O11. The zero-order valence-corrected chi connectivity index (χ0v) is 26.8. The van der Waals surface area contributed by atoms with Crippen molar-refractivity contribution in [3.8, 4) is 17.2 Å². The summed E-state index contributed by atoms with van der Waals surface area (Å²) in [5, 5.41) is 55.6. The molecule has 3 aromatic carbocycles. The molecule has 256 valence electrons. The molecule has 0 radical (unpaired) electrons. The van der Waals surface area contributed by atoms with E-state index < -0.39 is 95.7 Å². The Morgan fingerprint density at radius 3 is 2.59 bits per heavy atom. The van der Waals surface area contributed by atoms with Crippen molar-refractivity contribution in [1.29, 1.82) is 0 Å². The van der Waals surface area contributed by atoms with Crippen molar-refractivity contribution >= 4 is 29.4 Å². The van der Waals surface area contributed by atoms with Gasteiger partial charge in [-0.3, -0.25) is 19.4 Å². The van der Waals surface area contributed by atoms with Gasteiger partial charge in [0.1, 0.15) is 35.6 Å². The molecule has 2 aliphatic carbocycles. The summed E-state index contributed by atoms with van der Waals surface area (Å²) in [5.41, 5.74) is -1.44. The number of phenolic OH excluding ortho intramolecular Hbond substituents is 2. The zero-order valence-electron chi connectivity index (χ0n) is 26.8. The number of aliphatic hydroxyl groups excluding tert-OH is 2. The van der Waals surface area contributed by atoms with Crippen LogP contribution in [0.15, 0.2) is 47.5 Å². The smallest absolute Gasteiger partial charge is 0.202 e. The number of methoxy groups -OCH3 is 1. The Kier molecular flexibility index (Phi) is 8.28. The number of ether oxygens (including phenoxy) is 3. The monoisotopic (exact) mass is 672 g/mol. The number of ketones is 3. The number of aliphatic imine (C=N–C) groups is 1. The summed E-state index contributed by atoms with van der Waals surface area (Å²) in [7, 11) is 1.33. The standard InChI is InChI=1S/C36H36N2O11/c1-17-31(41)21(37-16-38-11-10-18-6-3-4-8-22(18)38)12-26(48-17)49-24-14-36(46,25(40)15-39)13-20-28(24)35(45)30-29(33(20)43)32(42)19-7-5-9-23(47-2)27(19)34(30)44/h3-9,16-17,21,24,26,31,39,41,43,45-46H,10-15H2,1-2H3/t17?,21?,24-,26?,31?,36?/m0/s1. The molecule has 5 N–H and O–H groups in total. The first kappa shape index (κ1) is 32.9. The average molecular weight is 673 g/mol. The number of carbonyl (C=O) groups is 3. The number of aliphatic hydroxyl groups is 3. The van der Waals surface area contributed by atoms with Gasteiger partial charge >= 0.3 is 0 Å². The van der Waals surface area contributed by atoms with Crippen LogP contribution in [0, 0.1) is 0 Å². The van der Waals surface area contributed by atoms with Crippen molar-refractivity contribution < 1.29 is 54.1 Å². The summed E-state index contributed by atoms with van der Waals surface area (Å²) in [6.45, 7) is 1.34. The number of aromatic hydroxyl groups is 2. The molecule has 49 heavy (non-hydrogen) atoms. The number of carbonyl (C=O) groups excluding carboxylic acids is 3. The molecule has 7 rings (SSSR count). The molecule has 6 atom stereocenters. The van der Waals surface area contributed by atoms with Crippen LogP contribution >= 0.6 is 0 Å². The molecule has 0 bridgehead atoms. The number of rotatable bonds is 7. The van der Waals surface area contributed by atoms with Crippen LogP contribution in [0.3, 0.4) is 0 Å². The van der Waals surface area contributed by atoms with Gasteiger partial charge in [0, 0.05) is 48.2 Å². The van der Waals surface area contributed by atoms with Crippen LogP contribution in [0.25, 0.3) is 0 Å². The number of Topliss-reactive ketones (excluding diaryl/α,β-unsaturated/α-hetero) is 1. The minimum Gasteiger partial charge on any atom is -0.507 e. The third-order valence-electron chi connectivity index (χ3n) is 10.1. The maximum Gasteiger partial charge on any atom is 0.202 e. The van der Waals surface area contributed by atoms with E-state index in [0.717, 1.165) is 18.7 Å². The number of hydrogen-bond acceptors (Lipinski definition) is 12. The number of fused-ring (bicyclic) bond motifs is 4. The molecule has 13 nitrogen and oxygen atoms in total. The number of anilines is 1. The molecule has 0 saturated carbocycles. The Labute approximate surface area is 281 Å². The predicted octanol–water partition coefficient (Wildman–Crippen LogP) is 2.13. The SMILES string of the molecule is COc1cccc2c1C(=O)c1c(O)c3c(c(O)c1C2=O)CC(O)(C(=O)CO)C[C@@H]3OC1CC(N=CN2CCc3ccccc32)C(O)C(C)O1. The van der Waals surface area contributed by atoms with Gasteiger partial charge in [-0.05, 0) is 31.0 Å². The Bertz CT molecular complexity index is 1910. The number of hydrogen-bond donors (Lipinski definition) is 5. The summed E-state index contributed by atoms with van der Waals surface area (Å²) in [5.74, 6) is -3.77. The van der Waals surface area contributed by atoms with Gasteiger partial charge in [-0.2, -0.15) is 0 Å². The normalized spacial score (nSPS) is 27.4. The Balaban J connectivity index is 1.26. The third-order valence-corrected chi connectivity index (χ3v) is 10.1. The fourth-order valence-electron chi connectivity index (χ4n) is 7.49. The number of phenols is 2. The summed E-state index contributed by atoms with van der Waals surface area (Å²) >= 11 is 0. The second-order valence-electron chi connectivity index (χ2n) is 12.9. The van der Waals surface area contributed by atoms with E-state index in [2.05, 4.69) is 4.99 Å². The Morgan fingerprint density at radius 2 is 1.84 bits per heavy atom. The fourth-order valence-corrected chi connectivity index (χ4v) is 7.49. The first-order valence-corrected chi connectivity index (χ1v) is 16.1. The van der Waals surface area contributed by atoms with E-state index in [-0.39, 0.29) is 34.4 Å². The van der Waals surface area contributed by atoms with E-state index in [1.165, 1.54) is 30.9 Å². The number of benzene rings is 3. The van der Waals surface area contributed by atoms with Crippen LogP contribution in [0.1, 0.15) is 74.4 Å². The third kappa shape index (κ3) is 5.29. The number of nitrogens with zero attached hydrogens (tertiary/aromatic N) is 2. The van der Waals surface area contributed by atoms with Crippen LogP contribution in [0.5, 0.6) is 17.2 Å². The largest absolute Gasteiger partial charge is 0.507 e. The molecule has 0 aromatic heterocycles. The van der Waals surface area contributed by atoms with Gasteiger partial charge in [-0.15, -0.1) is 0 Å². The van der Waals surface area contributed by atoms with E-state index in [0.29, 0.717) is 0 Å². The van der Waals surface area contributed by atoms with Gasteiger partial charge in [-0.25, -0.2) is 0 Å². The summed E-state index contributed by atoms with van der Waals surface area (Å²) in [4.78, 5) is 47.2. The van der Waals surface area contributed by atoms with Crippen molar-refractivity contribution in [2.24, 2.45) is 4.99 Å².